The van der Waals surface area contributed by atoms with Crippen molar-refractivity contribution in [3.63, 3.8) is 0 Å². The first-order valence-corrected chi connectivity index (χ1v) is 10.4. The molecule has 0 saturated carbocycles. The standard InChI is InChI=1S/C22H26F3N5O/c1-13-8-17(14(2)19(9-13)22(23,24)25)15(3)28-21-18-10-16(30-4-6-31-7-5-30)11-26-20(18)12-27-29-21/h8,10-13,15H,4-7,9H2,1-3H3,(H,28,29)/t13?,15-/m1/s1. The lowest BCUT2D eigenvalue weighted by Crippen LogP contribution is -2.36. The van der Waals surface area contributed by atoms with E-state index in [9.17, 15) is 13.2 Å². The van der Waals surface area contributed by atoms with Gasteiger partial charge in [-0.1, -0.05) is 13.0 Å². The summed E-state index contributed by atoms with van der Waals surface area (Å²) >= 11 is 0. The van der Waals surface area contributed by atoms with E-state index in [4.69, 9.17) is 4.74 Å². The van der Waals surface area contributed by atoms with Crippen LogP contribution in [-0.4, -0.2) is 53.7 Å². The van der Waals surface area contributed by atoms with Crippen molar-refractivity contribution in [2.75, 3.05) is 36.5 Å². The Kier molecular flexibility index (Phi) is 5.88. The SMILES string of the molecule is CC1=C(C(F)(F)F)CC(C)C=C1[C@@H](C)Nc1nncc2ncc(N3CCOCC3)cc12. The molecule has 0 radical (unpaired) electrons. The molecule has 2 aromatic rings. The summed E-state index contributed by atoms with van der Waals surface area (Å²) < 4.78 is 45.9. The van der Waals surface area contributed by atoms with Gasteiger partial charge in [-0.25, -0.2) is 0 Å². The van der Waals surface area contributed by atoms with Crippen molar-refractivity contribution >= 4 is 22.4 Å². The molecule has 1 saturated heterocycles. The van der Waals surface area contributed by atoms with Gasteiger partial charge in [-0.05, 0) is 43.4 Å². The van der Waals surface area contributed by atoms with E-state index in [1.54, 1.807) is 26.2 Å². The number of rotatable bonds is 4. The summed E-state index contributed by atoms with van der Waals surface area (Å²) in [4.78, 5) is 6.70. The third-order valence-electron chi connectivity index (χ3n) is 5.91. The Morgan fingerprint density at radius 3 is 2.68 bits per heavy atom. The fourth-order valence-electron chi connectivity index (χ4n) is 4.27. The first-order valence-electron chi connectivity index (χ1n) is 10.4. The number of nitrogens with zero attached hydrogens (tertiary/aromatic N) is 4. The van der Waals surface area contributed by atoms with Gasteiger partial charge in [0.15, 0.2) is 5.82 Å². The predicted molar refractivity (Wildman–Crippen MR) is 114 cm³/mol. The fraction of sp³-hybridized carbons (Fsp3) is 0.500. The second-order valence-corrected chi connectivity index (χ2v) is 8.19. The molecule has 0 amide bonds. The zero-order valence-electron chi connectivity index (χ0n) is 17.8. The quantitative estimate of drug-likeness (QED) is 0.766. The number of anilines is 2. The van der Waals surface area contributed by atoms with Crippen LogP contribution in [0.25, 0.3) is 10.9 Å². The Bertz CT molecular complexity index is 1030. The molecule has 0 bridgehead atoms. The number of fused-ring (bicyclic) bond motifs is 1. The van der Waals surface area contributed by atoms with Crippen molar-refractivity contribution in [2.45, 2.75) is 39.4 Å². The third kappa shape index (κ3) is 4.51. The number of ether oxygens (including phenoxy) is 1. The maximum absolute atomic E-state index is 13.5. The predicted octanol–water partition coefficient (Wildman–Crippen LogP) is 4.51. The number of allylic oxidation sites excluding steroid dienone is 2. The van der Waals surface area contributed by atoms with E-state index >= 15 is 0 Å². The Morgan fingerprint density at radius 2 is 1.97 bits per heavy atom. The largest absolute Gasteiger partial charge is 0.412 e. The lowest BCUT2D eigenvalue weighted by molar-refractivity contribution is -0.0958. The average Bonchev–Trinajstić information content (AvgIpc) is 2.75. The topological polar surface area (TPSA) is 63.2 Å². The number of pyridine rings is 1. The van der Waals surface area contributed by atoms with E-state index in [1.165, 1.54) is 0 Å². The number of aromatic nitrogens is 3. The number of hydrogen-bond acceptors (Lipinski definition) is 6. The van der Waals surface area contributed by atoms with Crippen LogP contribution in [0.15, 0.2) is 41.3 Å². The molecule has 1 aliphatic heterocycles. The van der Waals surface area contributed by atoms with Gasteiger partial charge < -0.3 is 15.0 Å². The number of nitrogens with one attached hydrogen (secondary N) is 1. The molecule has 0 spiro atoms. The van der Waals surface area contributed by atoms with Gasteiger partial charge in [0.2, 0.25) is 0 Å². The summed E-state index contributed by atoms with van der Waals surface area (Å²) in [6.07, 6.45) is 0.984. The molecule has 2 aromatic heterocycles. The number of halogens is 3. The normalized spacial score (nSPS) is 21.3. The molecule has 9 heteroatoms. The lowest BCUT2D eigenvalue weighted by atomic mass is 9.83. The molecule has 1 aliphatic carbocycles. The molecule has 1 unspecified atom stereocenters. The van der Waals surface area contributed by atoms with Crippen molar-refractivity contribution in [2.24, 2.45) is 5.92 Å². The first-order chi connectivity index (χ1) is 14.7. The maximum Gasteiger partial charge on any atom is 0.412 e. The molecule has 166 valence electrons. The van der Waals surface area contributed by atoms with E-state index in [0.29, 0.717) is 30.1 Å². The number of morpholine rings is 1. The minimum Gasteiger partial charge on any atom is -0.378 e. The highest BCUT2D eigenvalue weighted by Gasteiger charge is 2.38. The molecule has 0 aromatic carbocycles. The Hall–Kier alpha value is -2.68. The van der Waals surface area contributed by atoms with Crippen LogP contribution in [0.4, 0.5) is 24.7 Å². The van der Waals surface area contributed by atoms with Gasteiger partial charge in [0.25, 0.3) is 0 Å². The van der Waals surface area contributed by atoms with Crippen molar-refractivity contribution < 1.29 is 17.9 Å². The smallest absolute Gasteiger partial charge is 0.378 e. The summed E-state index contributed by atoms with van der Waals surface area (Å²) in [6, 6.07) is 1.63. The van der Waals surface area contributed by atoms with Crippen molar-refractivity contribution in [3.8, 4) is 0 Å². The highest BCUT2D eigenvalue weighted by molar-refractivity contribution is 5.90. The molecule has 2 aliphatic rings. The molecule has 6 nitrogen and oxygen atoms in total. The molecule has 31 heavy (non-hydrogen) atoms. The lowest BCUT2D eigenvalue weighted by Gasteiger charge is -2.29. The van der Waals surface area contributed by atoms with Gasteiger partial charge in [-0.15, -0.1) is 5.10 Å². The van der Waals surface area contributed by atoms with E-state index in [2.05, 4.69) is 25.4 Å². The minimum atomic E-state index is -4.33. The van der Waals surface area contributed by atoms with Crippen molar-refractivity contribution in [3.05, 3.63) is 41.3 Å². The number of hydrogen-bond donors (Lipinski definition) is 1. The second-order valence-electron chi connectivity index (χ2n) is 8.19. The maximum atomic E-state index is 13.5. The van der Waals surface area contributed by atoms with Crippen LogP contribution in [-0.2, 0) is 4.74 Å². The van der Waals surface area contributed by atoms with Gasteiger partial charge >= 0.3 is 6.18 Å². The van der Waals surface area contributed by atoms with Gasteiger partial charge in [0.1, 0.15) is 0 Å². The Morgan fingerprint density at radius 1 is 1.23 bits per heavy atom. The van der Waals surface area contributed by atoms with Gasteiger partial charge in [0.05, 0.1) is 36.8 Å². The van der Waals surface area contributed by atoms with Crippen LogP contribution in [0.5, 0.6) is 0 Å². The van der Waals surface area contributed by atoms with E-state index in [-0.39, 0.29) is 24.0 Å². The second kappa shape index (κ2) is 8.45. The summed E-state index contributed by atoms with van der Waals surface area (Å²) in [6.45, 7) is 8.08. The molecular formula is C22H26F3N5O. The summed E-state index contributed by atoms with van der Waals surface area (Å²) in [5.41, 5.74) is 2.11. The molecular weight excluding hydrogens is 407 g/mol. The highest BCUT2D eigenvalue weighted by Crippen LogP contribution is 2.40. The highest BCUT2D eigenvalue weighted by atomic mass is 19.4. The van der Waals surface area contributed by atoms with Crippen molar-refractivity contribution in [1.29, 1.82) is 0 Å². The average molecular weight is 433 g/mol. The fourth-order valence-corrected chi connectivity index (χ4v) is 4.27. The van der Waals surface area contributed by atoms with Crippen LogP contribution < -0.4 is 10.2 Å². The molecule has 1 fully saturated rings. The van der Waals surface area contributed by atoms with E-state index < -0.39 is 11.7 Å². The summed E-state index contributed by atoms with van der Waals surface area (Å²) in [5.74, 6) is 0.320. The third-order valence-corrected chi connectivity index (χ3v) is 5.91. The zero-order chi connectivity index (χ0) is 22.2. The van der Waals surface area contributed by atoms with E-state index in [0.717, 1.165) is 24.2 Å². The van der Waals surface area contributed by atoms with Gasteiger partial charge in [-0.3, -0.25) is 4.98 Å². The Labute approximate surface area is 179 Å². The summed E-state index contributed by atoms with van der Waals surface area (Å²) in [5, 5.41) is 12.3. The monoisotopic (exact) mass is 433 g/mol. The Balaban J connectivity index is 1.65. The van der Waals surface area contributed by atoms with Crippen LogP contribution in [0.1, 0.15) is 27.2 Å². The minimum absolute atomic E-state index is 0.00640. The number of alkyl halides is 3. The van der Waals surface area contributed by atoms with Gasteiger partial charge in [-0.2, -0.15) is 18.3 Å². The van der Waals surface area contributed by atoms with E-state index in [1.807, 2.05) is 19.1 Å². The first kappa shape index (κ1) is 21.5. The van der Waals surface area contributed by atoms with Crippen LogP contribution in [0.2, 0.25) is 0 Å². The van der Waals surface area contributed by atoms with Gasteiger partial charge in [0, 0.05) is 30.1 Å². The van der Waals surface area contributed by atoms with Crippen molar-refractivity contribution in [1.82, 2.24) is 15.2 Å². The van der Waals surface area contributed by atoms with Crippen LogP contribution in [0.3, 0.4) is 0 Å². The molecule has 2 atom stereocenters. The molecule has 3 heterocycles. The zero-order valence-corrected chi connectivity index (χ0v) is 17.8. The summed E-state index contributed by atoms with van der Waals surface area (Å²) in [7, 11) is 0. The molecule has 4 rings (SSSR count). The molecule has 1 N–H and O–H groups in total. The van der Waals surface area contributed by atoms with Crippen LogP contribution in [0, 0.1) is 5.92 Å². The van der Waals surface area contributed by atoms with Crippen LogP contribution >= 0.6 is 0 Å².